The molecular formula is C16H19N3OS. The summed E-state index contributed by atoms with van der Waals surface area (Å²) in [6.45, 7) is 2.18. The Kier molecular flexibility index (Phi) is 3.47. The third kappa shape index (κ3) is 2.22. The highest BCUT2D eigenvalue weighted by atomic mass is 32.1. The van der Waals surface area contributed by atoms with Crippen molar-refractivity contribution in [1.29, 1.82) is 0 Å². The zero-order valence-electron chi connectivity index (χ0n) is 12.4. The summed E-state index contributed by atoms with van der Waals surface area (Å²) in [6.07, 6.45) is 0. The van der Waals surface area contributed by atoms with Crippen molar-refractivity contribution in [3.05, 3.63) is 46.2 Å². The zero-order chi connectivity index (χ0) is 15.1. The Bertz CT molecular complexity index is 668. The molecule has 1 aliphatic heterocycles. The predicted molar refractivity (Wildman–Crippen MR) is 87.9 cm³/mol. The van der Waals surface area contributed by atoms with Gasteiger partial charge in [-0.2, -0.15) is 0 Å². The number of likely N-dealkylation sites (N-methyl/N-ethyl adjacent to an activating group) is 1. The van der Waals surface area contributed by atoms with E-state index in [1.165, 1.54) is 4.88 Å². The summed E-state index contributed by atoms with van der Waals surface area (Å²) in [7, 11) is 3.85. The molecule has 3 rings (SSSR count). The Balaban J connectivity index is 1.93. The van der Waals surface area contributed by atoms with Gasteiger partial charge in [-0.25, -0.2) is 0 Å². The van der Waals surface area contributed by atoms with Crippen LogP contribution in [0.1, 0.15) is 29.4 Å². The van der Waals surface area contributed by atoms with Crippen LogP contribution in [0.3, 0.4) is 0 Å². The van der Waals surface area contributed by atoms with Crippen LogP contribution in [-0.4, -0.2) is 20.0 Å². The maximum atomic E-state index is 12.0. The first kappa shape index (κ1) is 14.1. The van der Waals surface area contributed by atoms with Gasteiger partial charge in [0.05, 0.1) is 11.7 Å². The summed E-state index contributed by atoms with van der Waals surface area (Å²) in [5.41, 5.74) is 8.84. The first-order valence-corrected chi connectivity index (χ1v) is 7.82. The molecule has 0 saturated heterocycles. The van der Waals surface area contributed by atoms with E-state index in [0.717, 1.165) is 16.9 Å². The molecule has 2 unspecified atom stereocenters. The Morgan fingerprint density at radius 3 is 2.81 bits per heavy atom. The van der Waals surface area contributed by atoms with Gasteiger partial charge in [0, 0.05) is 30.2 Å². The number of hydrogen-bond acceptors (Lipinski definition) is 4. The number of hydrogen-bond donors (Lipinski definition) is 1. The summed E-state index contributed by atoms with van der Waals surface area (Å²) in [6, 6.07) is 10.0. The molecule has 0 radical (unpaired) electrons. The van der Waals surface area contributed by atoms with Crippen LogP contribution < -0.4 is 15.5 Å². The Morgan fingerprint density at radius 2 is 2.14 bits per heavy atom. The van der Waals surface area contributed by atoms with E-state index >= 15 is 0 Å². The van der Waals surface area contributed by atoms with Crippen molar-refractivity contribution in [3.8, 4) is 0 Å². The smallest absolute Gasteiger partial charge is 0.248 e. The maximum Gasteiger partial charge on any atom is 0.248 e. The van der Waals surface area contributed by atoms with Crippen molar-refractivity contribution < 1.29 is 4.79 Å². The molecule has 2 N–H and O–H groups in total. The summed E-state index contributed by atoms with van der Waals surface area (Å²) in [5.74, 6) is -0.0453. The van der Waals surface area contributed by atoms with Crippen LogP contribution in [0.5, 0.6) is 0 Å². The average Bonchev–Trinajstić information content (AvgIpc) is 3.10. The molecule has 0 bridgehead atoms. The molecule has 5 heteroatoms. The first-order valence-electron chi connectivity index (χ1n) is 6.94. The van der Waals surface area contributed by atoms with Crippen molar-refractivity contribution >= 4 is 28.6 Å². The van der Waals surface area contributed by atoms with Crippen LogP contribution in [0.4, 0.5) is 11.4 Å². The van der Waals surface area contributed by atoms with E-state index in [0.29, 0.717) is 6.04 Å². The number of anilines is 2. The van der Waals surface area contributed by atoms with Crippen LogP contribution in [0.15, 0.2) is 35.7 Å². The lowest BCUT2D eigenvalue weighted by Crippen LogP contribution is -2.27. The van der Waals surface area contributed by atoms with Gasteiger partial charge >= 0.3 is 0 Å². The van der Waals surface area contributed by atoms with Gasteiger partial charge < -0.3 is 15.5 Å². The molecule has 2 aromatic rings. The van der Waals surface area contributed by atoms with Gasteiger partial charge in [-0.3, -0.25) is 4.79 Å². The second kappa shape index (κ2) is 5.16. The van der Waals surface area contributed by atoms with Crippen LogP contribution in [0.2, 0.25) is 0 Å². The summed E-state index contributed by atoms with van der Waals surface area (Å²) in [5, 5.41) is 2.09. The third-order valence-corrected chi connectivity index (χ3v) is 5.29. The van der Waals surface area contributed by atoms with Crippen molar-refractivity contribution in [1.82, 2.24) is 0 Å². The lowest BCUT2D eigenvalue weighted by Gasteiger charge is -2.27. The summed E-state index contributed by atoms with van der Waals surface area (Å²) in [4.78, 5) is 17.1. The minimum atomic E-state index is -0.529. The van der Waals surface area contributed by atoms with Crippen molar-refractivity contribution in [2.75, 3.05) is 23.9 Å². The normalized spacial score (nSPS) is 18.8. The molecule has 0 spiro atoms. The number of thiophene rings is 1. The number of amides is 1. The molecular weight excluding hydrogens is 282 g/mol. The van der Waals surface area contributed by atoms with E-state index in [-0.39, 0.29) is 5.91 Å². The Morgan fingerprint density at radius 1 is 1.38 bits per heavy atom. The third-order valence-electron chi connectivity index (χ3n) is 4.25. The van der Waals surface area contributed by atoms with Crippen LogP contribution in [0.25, 0.3) is 0 Å². The quantitative estimate of drug-likeness (QED) is 0.948. The number of benzene rings is 1. The van der Waals surface area contributed by atoms with Gasteiger partial charge in [0.1, 0.15) is 6.04 Å². The fourth-order valence-corrected chi connectivity index (χ4v) is 3.54. The maximum absolute atomic E-state index is 12.0. The molecule has 0 aliphatic carbocycles. The predicted octanol–water partition coefficient (Wildman–Crippen LogP) is 2.92. The van der Waals surface area contributed by atoms with Gasteiger partial charge in [-0.15, -0.1) is 11.3 Å². The van der Waals surface area contributed by atoms with E-state index < -0.39 is 6.04 Å². The van der Waals surface area contributed by atoms with E-state index in [4.69, 9.17) is 5.73 Å². The zero-order valence-corrected chi connectivity index (χ0v) is 13.2. The van der Waals surface area contributed by atoms with Crippen LogP contribution >= 0.6 is 11.3 Å². The van der Waals surface area contributed by atoms with Gasteiger partial charge in [0.15, 0.2) is 0 Å². The lowest BCUT2D eigenvalue weighted by atomic mass is 10.1. The molecule has 110 valence electrons. The molecule has 0 fully saturated rings. The van der Waals surface area contributed by atoms with Gasteiger partial charge in [0.2, 0.25) is 5.91 Å². The molecule has 4 nitrogen and oxygen atoms in total. The van der Waals surface area contributed by atoms with Gasteiger partial charge in [-0.1, -0.05) is 12.1 Å². The summed E-state index contributed by atoms with van der Waals surface area (Å²) < 4.78 is 0. The largest absolute Gasteiger partial charge is 0.367 e. The minimum absolute atomic E-state index is 0.0453. The molecule has 21 heavy (non-hydrogen) atoms. The summed E-state index contributed by atoms with van der Waals surface area (Å²) >= 11 is 1.75. The van der Waals surface area contributed by atoms with Crippen molar-refractivity contribution in [2.24, 2.45) is 5.73 Å². The van der Waals surface area contributed by atoms with Gasteiger partial charge in [-0.05, 0) is 30.5 Å². The highest BCUT2D eigenvalue weighted by Crippen LogP contribution is 2.38. The Labute approximate surface area is 128 Å². The van der Waals surface area contributed by atoms with E-state index in [9.17, 15) is 4.79 Å². The standard InChI is InChI=1S/C16H19N3OS/c1-10(14-5-4-8-21-14)18(2)11-6-7-12-13(9-11)19(3)16(20)15(12)17/h4-10,15H,17H2,1-3H3. The van der Waals surface area contributed by atoms with E-state index in [2.05, 4.69) is 36.4 Å². The minimum Gasteiger partial charge on any atom is -0.367 e. The number of carbonyl (C=O) groups is 1. The average molecular weight is 301 g/mol. The number of carbonyl (C=O) groups excluding carboxylic acids is 1. The number of nitrogens with two attached hydrogens (primary N) is 1. The van der Waals surface area contributed by atoms with Crippen molar-refractivity contribution in [2.45, 2.75) is 19.0 Å². The Hall–Kier alpha value is -1.85. The SMILES string of the molecule is CC(c1cccs1)N(C)c1ccc2c(c1)N(C)C(=O)C2N. The van der Waals surface area contributed by atoms with E-state index in [1.54, 1.807) is 23.3 Å². The molecule has 1 aromatic carbocycles. The number of fused-ring (bicyclic) bond motifs is 1. The highest BCUT2D eigenvalue weighted by molar-refractivity contribution is 7.10. The topological polar surface area (TPSA) is 49.6 Å². The molecule has 2 heterocycles. The van der Waals surface area contributed by atoms with Crippen LogP contribution in [0, 0.1) is 0 Å². The first-order chi connectivity index (χ1) is 10.0. The van der Waals surface area contributed by atoms with E-state index in [1.807, 2.05) is 18.2 Å². The molecule has 1 amide bonds. The fraction of sp³-hybridized carbons (Fsp3) is 0.312. The number of nitrogens with zero attached hydrogens (tertiary/aromatic N) is 2. The van der Waals surface area contributed by atoms with Crippen LogP contribution in [-0.2, 0) is 4.79 Å². The molecule has 2 atom stereocenters. The monoisotopic (exact) mass is 301 g/mol. The highest BCUT2D eigenvalue weighted by Gasteiger charge is 2.32. The second-order valence-electron chi connectivity index (χ2n) is 5.42. The van der Waals surface area contributed by atoms with Gasteiger partial charge in [0.25, 0.3) is 0 Å². The lowest BCUT2D eigenvalue weighted by molar-refractivity contribution is -0.118. The molecule has 1 aliphatic rings. The fourth-order valence-electron chi connectivity index (χ4n) is 2.71. The molecule has 0 saturated carbocycles. The molecule has 1 aromatic heterocycles. The second-order valence-corrected chi connectivity index (χ2v) is 6.40. The van der Waals surface area contributed by atoms with Crippen molar-refractivity contribution in [3.63, 3.8) is 0 Å². The number of rotatable bonds is 3.